The Kier molecular flexibility index (Phi) is 3.56. The van der Waals surface area contributed by atoms with Crippen LogP contribution in [-0.4, -0.2) is 58.6 Å². The number of rotatable bonds is 2. The van der Waals surface area contributed by atoms with Crippen molar-refractivity contribution in [2.45, 2.75) is 57.1 Å². The predicted octanol–water partition coefficient (Wildman–Crippen LogP) is 1.23. The molecular formula is C15H26N2O2. The van der Waals surface area contributed by atoms with E-state index in [0.717, 1.165) is 12.5 Å². The molecule has 3 aliphatic rings. The fourth-order valence-corrected chi connectivity index (χ4v) is 4.25. The number of carbonyl (C=O) groups is 1. The first-order valence-electron chi connectivity index (χ1n) is 7.79. The summed E-state index contributed by atoms with van der Waals surface area (Å²) in [5.41, 5.74) is -0.574. The molecule has 1 aliphatic carbocycles. The number of fused-ring (bicyclic) bond motifs is 1. The van der Waals surface area contributed by atoms with E-state index in [9.17, 15) is 9.90 Å². The molecule has 19 heavy (non-hydrogen) atoms. The minimum atomic E-state index is -0.574. The Hall–Kier alpha value is -0.610. The molecular weight excluding hydrogens is 240 g/mol. The smallest absolute Gasteiger partial charge is 0.237 e. The second-order valence-corrected chi connectivity index (χ2v) is 6.98. The molecule has 2 aliphatic heterocycles. The molecule has 2 unspecified atom stereocenters. The number of hydrogen-bond donors (Lipinski definition) is 1. The van der Waals surface area contributed by atoms with Gasteiger partial charge in [-0.25, -0.2) is 0 Å². The lowest BCUT2D eigenvalue weighted by molar-refractivity contribution is -0.145. The highest BCUT2D eigenvalue weighted by atomic mass is 16.3. The standard InChI is InChI=1S/C15H26N2O2/c1-15(19)10-16(11-15)9-14(18)17-8-4-6-12-5-2-3-7-13(12)17/h12-13,19H,2-11H2,1H3. The normalized spacial score (nSPS) is 34.5. The summed E-state index contributed by atoms with van der Waals surface area (Å²) in [6.45, 7) is 4.57. The summed E-state index contributed by atoms with van der Waals surface area (Å²) in [5, 5.41) is 9.73. The third kappa shape index (κ3) is 2.79. The Labute approximate surface area is 115 Å². The van der Waals surface area contributed by atoms with Crippen molar-refractivity contribution in [1.82, 2.24) is 9.80 Å². The Bertz CT molecular complexity index is 346. The maximum Gasteiger partial charge on any atom is 0.237 e. The van der Waals surface area contributed by atoms with Crippen LogP contribution < -0.4 is 0 Å². The summed E-state index contributed by atoms with van der Waals surface area (Å²) in [7, 11) is 0. The van der Waals surface area contributed by atoms with E-state index in [1.807, 2.05) is 6.92 Å². The fourth-order valence-electron chi connectivity index (χ4n) is 4.25. The third-order valence-corrected chi connectivity index (χ3v) is 5.05. The van der Waals surface area contributed by atoms with E-state index >= 15 is 0 Å². The minimum Gasteiger partial charge on any atom is -0.388 e. The lowest BCUT2D eigenvalue weighted by Gasteiger charge is -2.47. The molecule has 2 saturated heterocycles. The average Bonchev–Trinajstić information content (AvgIpc) is 2.36. The van der Waals surface area contributed by atoms with Crippen molar-refractivity contribution in [3.63, 3.8) is 0 Å². The van der Waals surface area contributed by atoms with Crippen molar-refractivity contribution in [3.05, 3.63) is 0 Å². The van der Waals surface area contributed by atoms with E-state index < -0.39 is 5.60 Å². The first kappa shape index (κ1) is 13.4. The van der Waals surface area contributed by atoms with E-state index in [0.29, 0.717) is 25.7 Å². The van der Waals surface area contributed by atoms with Crippen LogP contribution in [-0.2, 0) is 4.79 Å². The molecule has 4 nitrogen and oxygen atoms in total. The van der Waals surface area contributed by atoms with Gasteiger partial charge in [0.1, 0.15) is 0 Å². The summed E-state index contributed by atoms with van der Waals surface area (Å²) in [4.78, 5) is 16.7. The van der Waals surface area contributed by atoms with Crippen LogP contribution >= 0.6 is 0 Å². The SMILES string of the molecule is CC1(O)CN(CC(=O)N2CCCC3CCCCC32)C1. The Balaban J connectivity index is 1.56. The minimum absolute atomic E-state index is 0.284. The highest BCUT2D eigenvalue weighted by Gasteiger charge is 2.40. The van der Waals surface area contributed by atoms with Crippen LogP contribution in [0.5, 0.6) is 0 Å². The average molecular weight is 266 g/mol. The van der Waals surface area contributed by atoms with E-state index in [-0.39, 0.29) is 5.91 Å². The molecule has 0 spiro atoms. The highest BCUT2D eigenvalue weighted by Crippen LogP contribution is 2.35. The van der Waals surface area contributed by atoms with Crippen molar-refractivity contribution in [3.8, 4) is 0 Å². The lowest BCUT2D eigenvalue weighted by Crippen LogP contribution is -2.62. The molecule has 4 heteroatoms. The molecule has 0 radical (unpaired) electrons. The number of hydrogen-bond acceptors (Lipinski definition) is 3. The summed E-state index contributed by atoms with van der Waals surface area (Å²) in [6.07, 6.45) is 7.63. The number of β-amino-alcohol motifs (C(OH)–C–C–N with tert-alkyl or cyclic N) is 1. The van der Waals surface area contributed by atoms with Crippen LogP contribution in [0.2, 0.25) is 0 Å². The number of amides is 1. The van der Waals surface area contributed by atoms with Gasteiger partial charge in [-0.2, -0.15) is 0 Å². The third-order valence-electron chi connectivity index (χ3n) is 5.05. The number of nitrogens with zero attached hydrogens (tertiary/aromatic N) is 2. The van der Waals surface area contributed by atoms with Crippen molar-refractivity contribution in [2.75, 3.05) is 26.2 Å². The molecule has 1 amide bonds. The molecule has 0 aromatic heterocycles. The van der Waals surface area contributed by atoms with Gasteiger partial charge in [-0.15, -0.1) is 0 Å². The largest absolute Gasteiger partial charge is 0.388 e. The molecule has 3 fully saturated rings. The van der Waals surface area contributed by atoms with Gasteiger partial charge in [0.15, 0.2) is 0 Å². The van der Waals surface area contributed by atoms with Gasteiger partial charge >= 0.3 is 0 Å². The molecule has 1 saturated carbocycles. The second kappa shape index (κ2) is 5.06. The molecule has 0 bridgehead atoms. The predicted molar refractivity (Wildman–Crippen MR) is 73.8 cm³/mol. The van der Waals surface area contributed by atoms with Gasteiger partial charge in [-0.05, 0) is 38.5 Å². The zero-order chi connectivity index (χ0) is 13.5. The van der Waals surface area contributed by atoms with Crippen LogP contribution in [0.4, 0.5) is 0 Å². The number of piperidine rings is 1. The summed E-state index contributed by atoms with van der Waals surface area (Å²) >= 11 is 0. The molecule has 108 valence electrons. The maximum absolute atomic E-state index is 12.5. The topological polar surface area (TPSA) is 43.8 Å². The Morgan fingerprint density at radius 3 is 2.63 bits per heavy atom. The maximum atomic E-state index is 12.5. The molecule has 3 rings (SSSR count). The summed E-state index contributed by atoms with van der Waals surface area (Å²) < 4.78 is 0. The van der Waals surface area contributed by atoms with Crippen molar-refractivity contribution in [2.24, 2.45) is 5.92 Å². The molecule has 1 N–H and O–H groups in total. The van der Waals surface area contributed by atoms with Crippen LogP contribution in [0.3, 0.4) is 0 Å². The number of carbonyl (C=O) groups excluding carboxylic acids is 1. The van der Waals surface area contributed by atoms with Crippen molar-refractivity contribution < 1.29 is 9.90 Å². The van der Waals surface area contributed by atoms with Gasteiger partial charge in [0.2, 0.25) is 5.91 Å². The Morgan fingerprint density at radius 2 is 1.89 bits per heavy atom. The summed E-state index contributed by atoms with van der Waals surface area (Å²) in [5.74, 6) is 1.04. The zero-order valence-corrected chi connectivity index (χ0v) is 12.0. The summed E-state index contributed by atoms with van der Waals surface area (Å²) in [6, 6.07) is 0.511. The van der Waals surface area contributed by atoms with Gasteiger partial charge in [0.25, 0.3) is 0 Å². The van der Waals surface area contributed by atoms with E-state index in [4.69, 9.17) is 0 Å². The van der Waals surface area contributed by atoms with Crippen LogP contribution in [0.1, 0.15) is 45.4 Å². The van der Waals surface area contributed by atoms with Gasteiger partial charge in [-0.3, -0.25) is 9.69 Å². The van der Waals surface area contributed by atoms with Gasteiger partial charge < -0.3 is 10.0 Å². The van der Waals surface area contributed by atoms with Crippen LogP contribution in [0.15, 0.2) is 0 Å². The lowest BCUT2D eigenvalue weighted by atomic mass is 9.78. The molecule has 2 atom stereocenters. The van der Waals surface area contributed by atoms with Crippen molar-refractivity contribution in [1.29, 1.82) is 0 Å². The van der Waals surface area contributed by atoms with E-state index in [1.54, 1.807) is 0 Å². The van der Waals surface area contributed by atoms with Crippen LogP contribution in [0.25, 0.3) is 0 Å². The van der Waals surface area contributed by atoms with Gasteiger partial charge in [-0.1, -0.05) is 12.8 Å². The Morgan fingerprint density at radius 1 is 1.21 bits per heavy atom. The quantitative estimate of drug-likeness (QED) is 0.817. The van der Waals surface area contributed by atoms with Gasteiger partial charge in [0.05, 0.1) is 12.1 Å². The monoisotopic (exact) mass is 266 g/mol. The van der Waals surface area contributed by atoms with E-state index in [2.05, 4.69) is 9.80 Å². The molecule has 0 aromatic carbocycles. The second-order valence-electron chi connectivity index (χ2n) is 6.98. The first-order valence-corrected chi connectivity index (χ1v) is 7.79. The van der Waals surface area contributed by atoms with Crippen molar-refractivity contribution >= 4 is 5.91 Å². The molecule has 2 heterocycles. The van der Waals surface area contributed by atoms with Crippen LogP contribution in [0, 0.1) is 5.92 Å². The van der Waals surface area contributed by atoms with E-state index in [1.165, 1.54) is 38.5 Å². The number of aliphatic hydroxyl groups is 1. The van der Waals surface area contributed by atoms with Gasteiger partial charge in [0, 0.05) is 25.7 Å². The molecule has 0 aromatic rings. The highest BCUT2D eigenvalue weighted by molar-refractivity contribution is 5.79. The number of likely N-dealkylation sites (tertiary alicyclic amines) is 2. The zero-order valence-electron chi connectivity index (χ0n) is 12.0. The first-order chi connectivity index (χ1) is 9.05. The fraction of sp³-hybridized carbons (Fsp3) is 0.933.